The molecule has 2 aromatic rings. The van der Waals surface area contributed by atoms with Gasteiger partial charge in [-0.25, -0.2) is 0 Å². The number of nitrogens with zero attached hydrogens (tertiary/aromatic N) is 1. The number of aryl methyl sites for hydroxylation is 1. The van der Waals surface area contributed by atoms with Crippen molar-refractivity contribution in [2.75, 3.05) is 37.6 Å². The van der Waals surface area contributed by atoms with Crippen LogP contribution in [0.3, 0.4) is 0 Å². The van der Waals surface area contributed by atoms with E-state index >= 15 is 0 Å². The Hall–Kier alpha value is -2.53. The fraction of sp³-hybridized carbons (Fsp3) is 0.409. The van der Waals surface area contributed by atoms with Gasteiger partial charge in [-0.1, -0.05) is 43.3 Å². The Kier molecular flexibility index (Phi) is 6.35. The fourth-order valence-corrected chi connectivity index (χ4v) is 3.62. The van der Waals surface area contributed by atoms with Crippen LogP contribution in [-0.4, -0.2) is 43.7 Å². The second-order valence-corrected chi connectivity index (χ2v) is 7.29. The number of carbonyl (C=O) groups is 1. The lowest BCUT2D eigenvalue weighted by Crippen LogP contribution is -3.15. The minimum atomic E-state index is 0.0189. The maximum absolute atomic E-state index is 12.4. The van der Waals surface area contributed by atoms with Crippen LogP contribution >= 0.6 is 0 Å². The lowest BCUT2D eigenvalue weighted by molar-refractivity contribution is -0.892. The minimum absolute atomic E-state index is 0.0189. The van der Waals surface area contributed by atoms with Crippen LogP contribution in [0, 0.1) is 0 Å². The van der Waals surface area contributed by atoms with E-state index in [9.17, 15) is 9.90 Å². The Labute approximate surface area is 161 Å². The van der Waals surface area contributed by atoms with Gasteiger partial charge in [-0.2, -0.15) is 0 Å². The van der Waals surface area contributed by atoms with Gasteiger partial charge in [-0.3, -0.25) is 4.79 Å². The molecule has 0 radical (unpaired) electrons. The van der Waals surface area contributed by atoms with Crippen LogP contribution in [0.25, 0.3) is 0 Å². The van der Waals surface area contributed by atoms with Crippen molar-refractivity contribution in [1.82, 2.24) is 5.32 Å². The van der Waals surface area contributed by atoms with E-state index in [0.29, 0.717) is 12.3 Å². The van der Waals surface area contributed by atoms with Crippen LogP contribution in [0.1, 0.15) is 31.0 Å². The largest absolute Gasteiger partial charge is 0.506 e. The summed E-state index contributed by atoms with van der Waals surface area (Å²) in [4.78, 5) is 15.9. The quantitative estimate of drug-likeness (QED) is 0.725. The molecule has 1 aliphatic rings. The summed E-state index contributed by atoms with van der Waals surface area (Å²) in [7, 11) is 0. The first kappa shape index (κ1) is 19.2. The Morgan fingerprint density at radius 2 is 1.81 bits per heavy atom. The molecular formula is C22H30N3O2+. The molecule has 27 heavy (non-hydrogen) atoms. The SMILES string of the molecule is CCc1ccc([C@H](C)NC(=O)C[NH+]2CCN(c3ccccc3O)CC2)cc1. The number of hydrogen-bond acceptors (Lipinski definition) is 3. The van der Waals surface area contributed by atoms with Crippen molar-refractivity contribution in [3.8, 4) is 5.75 Å². The number of benzene rings is 2. The van der Waals surface area contributed by atoms with Gasteiger partial charge < -0.3 is 20.2 Å². The molecule has 3 rings (SSSR count). The first-order valence-electron chi connectivity index (χ1n) is 9.81. The van der Waals surface area contributed by atoms with Gasteiger partial charge in [0.15, 0.2) is 6.54 Å². The van der Waals surface area contributed by atoms with Crippen LogP contribution in [0.4, 0.5) is 5.69 Å². The summed E-state index contributed by atoms with van der Waals surface area (Å²) in [5.41, 5.74) is 3.33. The van der Waals surface area contributed by atoms with Gasteiger partial charge in [-0.05, 0) is 36.6 Å². The van der Waals surface area contributed by atoms with E-state index in [-0.39, 0.29) is 11.9 Å². The van der Waals surface area contributed by atoms with Crippen molar-refractivity contribution in [3.05, 3.63) is 59.7 Å². The molecule has 1 heterocycles. The van der Waals surface area contributed by atoms with Crippen LogP contribution < -0.4 is 15.1 Å². The number of carbonyl (C=O) groups excluding carboxylic acids is 1. The number of nitrogens with one attached hydrogen (secondary N) is 2. The van der Waals surface area contributed by atoms with Gasteiger partial charge in [0.1, 0.15) is 5.75 Å². The zero-order valence-corrected chi connectivity index (χ0v) is 16.2. The number of phenols is 1. The summed E-state index contributed by atoms with van der Waals surface area (Å²) in [6.07, 6.45) is 1.02. The third kappa shape index (κ3) is 5.01. The van der Waals surface area contributed by atoms with E-state index in [1.54, 1.807) is 6.07 Å². The summed E-state index contributed by atoms with van der Waals surface area (Å²) in [5, 5.41) is 13.1. The maximum Gasteiger partial charge on any atom is 0.275 e. The predicted octanol–water partition coefficient (Wildman–Crippen LogP) is 1.54. The highest BCUT2D eigenvalue weighted by atomic mass is 16.3. The van der Waals surface area contributed by atoms with Crippen LogP contribution in [0.15, 0.2) is 48.5 Å². The van der Waals surface area contributed by atoms with Crippen LogP contribution in [0.2, 0.25) is 0 Å². The topological polar surface area (TPSA) is 57.0 Å². The molecule has 3 N–H and O–H groups in total. The van der Waals surface area contributed by atoms with Gasteiger partial charge in [0, 0.05) is 0 Å². The highest BCUT2D eigenvalue weighted by molar-refractivity contribution is 5.77. The molecule has 5 heteroatoms. The summed E-state index contributed by atoms with van der Waals surface area (Å²) in [6, 6.07) is 15.9. The normalized spacial score (nSPS) is 16.1. The third-order valence-corrected chi connectivity index (χ3v) is 5.37. The molecule has 144 valence electrons. The van der Waals surface area contributed by atoms with E-state index in [1.807, 2.05) is 25.1 Å². The highest BCUT2D eigenvalue weighted by Crippen LogP contribution is 2.25. The van der Waals surface area contributed by atoms with Gasteiger partial charge in [0.2, 0.25) is 0 Å². The fourth-order valence-electron chi connectivity index (χ4n) is 3.62. The number of rotatable bonds is 6. The number of hydrogen-bond donors (Lipinski definition) is 3. The van der Waals surface area contributed by atoms with E-state index in [0.717, 1.165) is 43.9 Å². The molecule has 1 aliphatic heterocycles. The standard InChI is InChI=1S/C22H29N3O2/c1-3-18-8-10-19(11-9-18)17(2)23-22(27)16-24-12-14-25(15-13-24)20-6-4-5-7-21(20)26/h4-11,17,26H,3,12-16H2,1-2H3,(H,23,27)/p+1/t17-/m0/s1. The lowest BCUT2D eigenvalue weighted by atomic mass is 10.1. The van der Waals surface area contributed by atoms with Crippen molar-refractivity contribution >= 4 is 11.6 Å². The molecule has 0 saturated carbocycles. The first-order chi connectivity index (χ1) is 13.1. The van der Waals surface area contributed by atoms with E-state index in [2.05, 4.69) is 41.4 Å². The number of piperazine rings is 1. The van der Waals surface area contributed by atoms with Crippen molar-refractivity contribution in [2.45, 2.75) is 26.3 Å². The molecule has 1 atom stereocenters. The second kappa shape index (κ2) is 8.91. The average molecular weight is 369 g/mol. The Bertz CT molecular complexity index is 752. The Balaban J connectivity index is 1.47. The number of aromatic hydroxyl groups is 1. The Morgan fingerprint density at radius 1 is 1.15 bits per heavy atom. The summed E-state index contributed by atoms with van der Waals surface area (Å²) in [6.45, 7) is 8.13. The second-order valence-electron chi connectivity index (χ2n) is 7.29. The predicted molar refractivity (Wildman–Crippen MR) is 108 cm³/mol. The number of quaternary nitrogens is 1. The summed E-state index contributed by atoms with van der Waals surface area (Å²) in [5.74, 6) is 0.412. The number of phenolic OH excluding ortho intramolecular Hbond substituents is 1. The van der Waals surface area contributed by atoms with Gasteiger partial charge >= 0.3 is 0 Å². The number of para-hydroxylation sites is 2. The van der Waals surface area contributed by atoms with Crippen molar-refractivity contribution < 1.29 is 14.8 Å². The highest BCUT2D eigenvalue weighted by Gasteiger charge is 2.24. The molecule has 5 nitrogen and oxygen atoms in total. The van der Waals surface area contributed by atoms with E-state index in [1.165, 1.54) is 10.5 Å². The zero-order valence-electron chi connectivity index (χ0n) is 16.2. The van der Waals surface area contributed by atoms with Crippen molar-refractivity contribution in [1.29, 1.82) is 0 Å². The molecule has 1 saturated heterocycles. The summed E-state index contributed by atoms with van der Waals surface area (Å²) >= 11 is 0. The van der Waals surface area contributed by atoms with Crippen molar-refractivity contribution in [3.63, 3.8) is 0 Å². The molecule has 1 fully saturated rings. The lowest BCUT2D eigenvalue weighted by Gasteiger charge is -2.33. The molecule has 0 aromatic heterocycles. The molecule has 0 aliphatic carbocycles. The van der Waals surface area contributed by atoms with E-state index < -0.39 is 0 Å². The summed E-state index contributed by atoms with van der Waals surface area (Å²) < 4.78 is 0. The van der Waals surface area contributed by atoms with Gasteiger partial charge in [0.25, 0.3) is 5.91 Å². The van der Waals surface area contributed by atoms with Gasteiger partial charge in [0.05, 0.1) is 37.9 Å². The minimum Gasteiger partial charge on any atom is -0.506 e. The molecule has 0 spiro atoms. The molecule has 0 unspecified atom stereocenters. The van der Waals surface area contributed by atoms with Crippen LogP contribution in [0.5, 0.6) is 5.75 Å². The molecular weight excluding hydrogens is 338 g/mol. The van der Waals surface area contributed by atoms with Gasteiger partial charge in [-0.15, -0.1) is 0 Å². The smallest absolute Gasteiger partial charge is 0.275 e. The molecule has 0 bridgehead atoms. The maximum atomic E-state index is 12.4. The number of anilines is 1. The molecule has 2 aromatic carbocycles. The van der Waals surface area contributed by atoms with Crippen molar-refractivity contribution in [2.24, 2.45) is 0 Å². The number of amides is 1. The van der Waals surface area contributed by atoms with E-state index in [4.69, 9.17) is 0 Å². The zero-order chi connectivity index (χ0) is 19.2. The monoisotopic (exact) mass is 368 g/mol. The first-order valence-corrected chi connectivity index (χ1v) is 9.81. The Morgan fingerprint density at radius 3 is 2.44 bits per heavy atom. The average Bonchev–Trinajstić information content (AvgIpc) is 2.69. The van der Waals surface area contributed by atoms with Crippen LogP contribution in [-0.2, 0) is 11.2 Å². The third-order valence-electron chi connectivity index (χ3n) is 5.37. The molecule has 1 amide bonds.